The van der Waals surface area contributed by atoms with Gasteiger partial charge in [0.2, 0.25) is 11.8 Å². The van der Waals surface area contributed by atoms with Gasteiger partial charge >= 0.3 is 5.97 Å². The molecule has 0 aromatic heterocycles. The van der Waals surface area contributed by atoms with E-state index in [9.17, 15) is 19.5 Å². The van der Waals surface area contributed by atoms with Gasteiger partial charge in [-0.1, -0.05) is 20.8 Å². The highest BCUT2D eigenvalue weighted by molar-refractivity contribution is 5.88. The van der Waals surface area contributed by atoms with E-state index in [1.54, 1.807) is 18.7 Å². The van der Waals surface area contributed by atoms with E-state index in [0.29, 0.717) is 25.8 Å². The summed E-state index contributed by atoms with van der Waals surface area (Å²) < 4.78 is 0. The highest BCUT2D eigenvalue weighted by Crippen LogP contribution is 2.24. The summed E-state index contributed by atoms with van der Waals surface area (Å²) in [6, 6.07) is -0.981. The first kappa shape index (κ1) is 18.5. The number of aliphatic carboxylic acids is 1. The van der Waals surface area contributed by atoms with Crippen LogP contribution < -0.4 is 5.32 Å². The molecule has 6 nitrogen and oxygen atoms in total. The van der Waals surface area contributed by atoms with Gasteiger partial charge in [-0.2, -0.15) is 0 Å². The van der Waals surface area contributed by atoms with Crippen LogP contribution in [0, 0.1) is 11.3 Å². The third kappa shape index (κ3) is 5.00. The molecule has 2 amide bonds. The van der Waals surface area contributed by atoms with Crippen molar-refractivity contribution in [3.05, 3.63) is 0 Å². The minimum Gasteiger partial charge on any atom is -0.481 e. The molecular formula is C16H28N2O4. The zero-order valence-electron chi connectivity index (χ0n) is 14.2. The quantitative estimate of drug-likeness (QED) is 0.826. The summed E-state index contributed by atoms with van der Waals surface area (Å²) in [7, 11) is 0. The van der Waals surface area contributed by atoms with Crippen molar-refractivity contribution in [1.29, 1.82) is 0 Å². The number of hydrogen-bond acceptors (Lipinski definition) is 3. The standard InChI is InChI=1S/C16H28N2O4/c1-10(17-13(19)9-16(3,4)5)14(20)18-8-6-7-12(11(18)2)15(21)22/h10-12H,6-9H2,1-5H3,(H,17,19)(H,21,22)/t10?,11-,12-/m0/s1. The maximum absolute atomic E-state index is 12.5. The van der Waals surface area contributed by atoms with E-state index in [1.165, 1.54) is 0 Å². The van der Waals surface area contributed by atoms with Gasteiger partial charge in [0.05, 0.1) is 5.92 Å². The number of carbonyl (C=O) groups is 3. The van der Waals surface area contributed by atoms with Crippen LogP contribution in [0.25, 0.3) is 0 Å². The number of nitrogens with one attached hydrogen (secondary N) is 1. The lowest BCUT2D eigenvalue weighted by molar-refractivity contribution is -0.150. The molecule has 0 aliphatic carbocycles. The smallest absolute Gasteiger partial charge is 0.308 e. The van der Waals surface area contributed by atoms with E-state index in [2.05, 4.69) is 5.32 Å². The molecule has 0 bridgehead atoms. The van der Waals surface area contributed by atoms with Crippen molar-refractivity contribution >= 4 is 17.8 Å². The summed E-state index contributed by atoms with van der Waals surface area (Å²) >= 11 is 0. The van der Waals surface area contributed by atoms with Crippen LogP contribution in [-0.4, -0.2) is 46.4 Å². The van der Waals surface area contributed by atoms with Crippen LogP contribution in [0.4, 0.5) is 0 Å². The molecule has 0 radical (unpaired) electrons. The number of carbonyl (C=O) groups excluding carboxylic acids is 2. The predicted octanol–water partition coefficient (Wildman–Crippen LogP) is 1.64. The molecule has 2 N–H and O–H groups in total. The summed E-state index contributed by atoms with van der Waals surface area (Å²) in [5, 5.41) is 11.9. The lowest BCUT2D eigenvalue weighted by Crippen LogP contribution is -2.55. The first-order valence-electron chi connectivity index (χ1n) is 7.85. The van der Waals surface area contributed by atoms with Gasteiger partial charge in [0, 0.05) is 19.0 Å². The topological polar surface area (TPSA) is 86.7 Å². The maximum atomic E-state index is 12.5. The number of carboxylic acids is 1. The van der Waals surface area contributed by atoms with Crippen LogP contribution in [0.1, 0.15) is 53.9 Å². The van der Waals surface area contributed by atoms with Gasteiger partial charge in [-0.15, -0.1) is 0 Å². The van der Waals surface area contributed by atoms with Gasteiger partial charge in [0.25, 0.3) is 0 Å². The van der Waals surface area contributed by atoms with Crippen LogP contribution in [0.15, 0.2) is 0 Å². The fraction of sp³-hybridized carbons (Fsp3) is 0.812. The lowest BCUT2D eigenvalue weighted by atomic mass is 9.89. The molecule has 1 aliphatic rings. The molecule has 1 aliphatic heterocycles. The zero-order valence-corrected chi connectivity index (χ0v) is 14.2. The second-order valence-electron chi connectivity index (χ2n) is 7.39. The molecule has 1 unspecified atom stereocenters. The Labute approximate surface area is 132 Å². The number of rotatable bonds is 4. The lowest BCUT2D eigenvalue weighted by Gasteiger charge is -2.39. The first-order valence-corrected chi connectivity index (χ1v) is 7.85. The Balaban J connectivity index is 2.66. The van der Waals surface area contributed by atoms with Crippen LogP contribution in [0.2, 0.25) is 0 Å². The monoisotopic (exact) mass is 312 g/mol. The van der Waals surface area contributed by atoms with Crippen molar-refractivity contribution in [3.8, 4) is 0 Å². The molecule has 1 rings (SSSR count). The fourth-order valence-electron chi connectivity index (χ4n) is 2.87. The number of hydrogen-bond donors (Lipinski definition) is 2. The van der Waals surface area contributed by atoms with E-state index in [4.69, 9.17) is 0 Å². The van der Waals surface area contributed by atoms with Crippen molar-refractivity contribution in [2.45, 2.75) is 66.0 Å². The van der Waals surface area contributed by atoms with Crippen LogP contribution in [0.5, 0.6) is 0 Å². The van der Waals surface area contributed by atoms with Crippen LogP contribution in [-0.2, 0) is 14.4 Å². The minimum atomic E-state index is -0.866. The zero-order chi connectivity index (χ0) is 17.1. The van der Waals surface area contributed by atoms with Crippen molar-refractivity contribution in [2.24, 2.45) is 11.3 Å². The third-order valence-corrected chi connectivity index (χ3v) is 4.03. The Morgan fingerprint density at radius 3 is 2.41 bits per heavy atom. The van der Waals surface area contributed by atoms with Crippen molar-refractivity contribution in [2.75, 3.05) is 6.54 Å². The van der Waals surface area contributed by atoms with Crippen molar-refractivity contribution in [1.82, 2.24) is 10.2 Å². The highest BCUT2D eigenvalue weighted by Gasteiger charge is 2.37. The Morgan fingerprint density at radius 2 is 1.91 bits per heavy atom. The third-order valence-electron chi connectivity index (χ3n) is 4.03. The Hall–Kier alpha value is -1.59. The van der Waals surface area contributed by atoms with Crippen LogP contribution in [0.3, 0.4) is 0 Å². The van der Waals surface area contributed by atoms with E-state index in [-0.39, 0.29) is 23.3 Å². The molecule has 126 valence electrons. The predicted molar refractivity (Wildman–Crippen MR) is 83.2 cm³/mol. The van der Waals surface area contributed by atoms with E-state index >= 15 is 0 Å². The molecule has 22 heavy (non-hydrogen) atoms. The first-order chi connectivity index (χ1) is 10.0. The van der Waals surface area contributed by atoms with Gasteiger partial charge in [-0.25, -0.2) is 0 Å². The molecule has 0 aromatic carbocycles. The molecule has 1 heterocycles. The number of nitrogens with zero attached hydrogens (tertiary/aromatic N) is 1. The van der Waals surface area contributed by atoms with Gasteiger partial charge in [0.1, 0.15) is 6.04 Å². The summed E-state index contributed by atoms with van der Waals surface area (Å²) in [4.78, 5) is 37.2. The highest BCUT2D eigenvalue weighted by atomic mass is 16.4. The molecule has 1 saturated heterocycles. The van der Waals surface area contributed by atoms with Crippen molar-refractivity contribution < 1.29 is 19.5 Å². The molecule has 6 heteroatoms. The number of piperidine rings is 1. The van der Waals surface area contributed by atoms with Crippen molar-refractivity contribution in [3.63, 3.8) is 0 Å². The molecule has 1 fully saturated rings. The van der Waals surface area contributed by atoms with Gasteiger partial charge in [0.15, 0.2) is 0 Å². The van der Waals surface area contributed by atoms with Gasteiger partial charge in [-0.05, 0) is 32.1 Å². The second-order valence-corrected chi connectivity index (χ2v) is 7.39. The average molecular weight is 312 g/mol. The van der Waals surface area contributed by atoms with Gasteiger partial charge in [-0.3, -0.25) is 14.4 Å². The molecule has 0 spiro atoms. The maximum Gasteiger partial charge on any atom is 0.308 e. The van der Waals surface area contributed by atoms with E-state index < -0.39 is 17.9 Å². The summed E-state index contributed by atoms with van der Waals surface area (Å²) in [5.41, 5.74) is -0.139. The number of amides is 2. The van der Waals surface area contributed by atoms with E-state index in [1.807, 2.05) is 20.8 Å². The molecule has 0 aromatic rings. The average Bonchev–Trinajstić information content (AvgIpc) is 2.35. The molecular weight excluding hydrogens is 284 g/mol. The largest absolute Gasteiger partial charge is 0.481 e. The Morgan fingerprint density at radius 1 is 1.32 bits per heavy atom. The summed E-state index contributed by atoms with van der Waals surface area (Å²) in [6.07, 6.45) is 1.61. The van der Waals surface area contributed by atoms with Gasteiger partial charge < -0.3 is 15.3 Å². The Kier molecular flexibility index (Phi) is 5.97. The molecule has 0 saturated carbocycles. The summed E-state index contributed by atoms with van der Waals surface area (Å²) in [5.74, 6) is -1.77. The van der Waals surface area contributed by atoms with E-state index in [0.717, 1.165) is 0 Å². The molecule has 3 atom stereocenters. The fourth-order valence-corrected chi connectivity index (χ4v) is 2.87. The normalized spacial score (nSPS) is 23.8. The number of likely N-dealkylation sites (tertiary alicyclic amines) is 1. The summed E-state index contributed by atoms with van der Waals surface area (Å²) in [6.45, 7) is 9.85. The second kappa shape index (κ2) is 7.11. The minimum absolute atomic E-state index is 0.139. The number of carboxylic acid groups (broad SMARTS) is 1. The SMILES string of the molecule is CC(NC(=O)CC(C)(C)C)C(=O)N1CCC[C@H](C(=O)O)[C@@H]1C. The van der Waals surface area contributed by atoms with Crippen LogP contribution >= 0.6 is 0 Å². The Bertz CT molecular complexity index is 442.